The molecule has 1 aliphatic carbocycles. The number of nitrogens with one attached hydrogen (secondary N) is 1. The van der Waals surface area contributed by atoms with Crippen LogP contribution in [-0.2, 0) is 9.59 Å². The van der Waals surface area contributed by atoms with Gasteiger partial charge in [-0.15, -0.1) is 10.2 Å². The van der Waals surface area contributed by atoms with E-state index in [1.54, 1.807) is 36.3 Å². The fourth-order valence-corrected chi connectivity index (χ4v) is 6.79. The molecular weight excluding hydrogens is 569 g/mol. The Kier molecular flexibility index (Phi) is 8.47. The number of ether oxygens (including phenoxy) is 1. The molecule has 0 saturated heterocycles. The van der Waals surface area contributed by atoms with Crippen LogP contribution in [0.4, 0.5) is 10.8 Å². The zero-order chi connectivity index (χ0) is 29.9. The maximum absolute atomic E-state index is 13.6. The number of benzene rings is 2. The van der Waals surface area contributed by atoms with Crippen LogP contribution in [0, 0.1) is 22.7 Å². The molecule has 1 aliphatic heterocycles. The number of ketones is 1. The van der Waals surface area contributed by atoms with E-state index in [-0.39, 0.29) is 34.3 Å². The smallest absolute Gasteiger partial charge is 0.234 e. The number of hydrogen-bond donors (Lipinski definition) is 2. The number of hydrogen-bond acceptors (Lipinski definition) is 10. The average molecular weight is 599 g/mol. The number of methoxy groups -OCH3 is 1. The van der Waals surface area contributed by atoms with Crippen LogP contribution in [0.15, 0.2) is 87.7 Å². The lowest BCUT2D eigenvalue weighted by molar-refractivity contribution is -0.118. The van der Waals surface area contributed by atoms with Gasteiger partial charge in [-0.25, -0.2) is 0 Å². The van der Waals surface area contributed by atoms with E-state index in [2.05, 4.69) is 21.6 Å². The van der Waals surface area contributed by atoms with Gasteiger partial charge in [-0.05, 0) is 29.5 Å². The SMILES string of the molecule is COc1cccc(NC(=O)CSc2nnc(N3C(N)=C(C#N)C(/C=C/c4ccccc4)C4=C3CC(C)(C)CC4=O)s2)c1. The second-order valence-corrected chi connectivity index (χ2v) is 12.9. The Hall–Kier alpha value is -4.40. The minimum atomic E-state index is -0.563. The van der Waals surface area contributed by atoms with Crippen LogP contribution in [-0.4, -0.2) is 34.8 Å². The molecule has 1 aromatic heterocycles. The van der Waals surface area contributed by atoms with Crippen molar-refractivity contribution in [2.75, 3.05) is 23.1 Å². The molecule has 1 unspecified atom stereocenters. The van der Waals surface area contributed by atoms with Gasteiger partial charge in [-0.3, -0.25) is 14.5 Å². The van der Waals surface area contributed by atoms with Crippen molar-refractivity contribution < 1.29 is 14.3 Å². The average Bonchev–Trinajstić information content (AvgIpc) is 3.43. The molecule has 3 aromatic rings. The van der Waals surface area contributed by atoms with Gasteiger partial charge < -0.3 is 15.8 Å². The lowest BCUT2D eigenvalue weighted by Crippen LogP contribution is -2.42. The summed E-state index contributed by atoms with van der Waals surface area (Å²) in [6.45, 7) is 4.09. The number of nitrogens with two attached hydrogens (primary N) is 1. The van der Waals surface area contributed by atoms with Crippen molar-refractivity contribution in [2.24, 2.45) is 17.1 Å². The highest BCUT2D eigenvalue weighted by Crippen LogP contribution is 2.48. The first-order chi connectivity index (χ1) is 20.2. The van der Waals surface area contributed by atoms with E-state index < -0.39 is 5.92 Å². The third-order valence-electron chi connectivity index (χ3n) is 6.97. The number of carbonyl (C=O) groups is 2. The van der Waals surface area contributed by atoms with Crippen LogP contribution in [0.3, 0.4) is 0 Å². The van der Waals surface area contributed by atoms with Gasteiger partial charge in [0, 0.05) is 35.4 Å². The van der Waals surface area contributed by atoms with Crippen molar-refractivity contribution in [1.29, 1.82) is 5.26 Å². The van der Waals surface area contributed by atoms with Crippen molar-refractivity contribution in [1.82, 2.24) is 10.2 Å². The first-order valence-electron chi connectivity index (χ1n) is 13.3. The number of thioether (sulfide) groups is 1. The molecule has 0 radical (unpaired) electrons. The van der Waals surface area contributed by atoms with Crippen molar-refractivity contribution >= 4 is 51.7 Å². The lowest BCUT2D eigenvalue weighted by atomic mass is 9.70. The quantitative estimate of drug-likeness (QED) is 0.310. The number of rotatable bonds is 8. The third kappa shape index (κ3) is 6.25. The van der Waals surface area contributed by atoms with Crippen LogP contribution >= 0.6 is 23.1 Å². The van der Waals surface area contributed by atoms with Gasteiger partial charge in [0.05, 0.1) is 24.5 Å². The maximum atomic E-state index is 13.6. The third-order valence-corrected chi connectivity index (χ3v) is 9.02. The lowest BCUT2D eigenvalue weighted by Gasteiger charge is -2.41. The number of amides is 1. The molecule has 5 rings (SSSR count). The number of nitriles is 1. The minimum absolute atomic E-state index is 0.0115. The summed E-state index contributed by atoms with van der Waals surface area (Å²) in [5.74, 6) is 0.218. The molecule has 1 atom stereocenters. The van der Waals surface area contributed by atoms with Crippen molar-refractivity contribution in [3.8, 4) is 11.8 Å². The van der Waals surface area contributed by atoms with Crippen LogP contribution in [0.1, 0.15) is 32.3 Å². The molecule has 2 aliphatic rings. The van der Waals surface area contributed by atoms with Crippen LogP contribution < -0.4 is 20.7 Å². The Labute approximate surface area is 252 Å². The summed E-state index contributed by atoms with van der Waals surface area (Å²) >= 11 is 2.50. The fraction of sp³-hybridized carbons (Fsp3) is 0.258. The minimum Gasteiger partial charge on any atom is -0.497 e. The normalized spacial score (nSPS) is 18.2. The van der Waals surface area contributed by atoms with Crippen molar-refractivity contribution in [2.45, 2.75) is 31.0 Å². The van der Waals surface area contributed by atoms with Crippen LogP contribution in [0.25, 0.3) is 6.08 Å². The summed E-state index contributed by atoms with van der Waals surface area (Å²) in [6.07, 6.45) is 4.74. The maximum Gasteiger partial charge on any atom is 0.234 e. The summed E-state index contributed by atoms with van der Waals surface area (Å²) in [5, 5.41) is 22.1. The molecule has 2 aromatic carbocycles. The fourth-order valence-electron chi connectivity index (χ4n) is 5.11. The van der Waals surface area contributed by atoms with Gasteiger partial charge in [-0.1, -0.05) is 85.5 Å². The van der Waals surface area contributed by atoms with E-state index in [1.807, 2.05) is 56.3 Å². The highest BCUT2D eigenvalue weighted by molar-refractivity contribution is 8.01. The Bertz CT molecular complexity index is 1650. The molecule has 0 bridgehead atoms. The summed E-state index contributed by atoms with van der Waals surface area (Å²) < 4.78 is 5.77. The number of Topliss-reactive ketones (excluding diaryl/α,β-unsaturated/α-hetero) is 1. The topological polar surface area (TPSA) is 134 Å². The highest BCUT2D eigenvalue weighted by Gasteiger charge is 2.44. The molecule has 9 nitrogen and oxygen atoms in total. The van der Waals surface area contributed by atoms with E-state index in [1.165, 1.54) is 23.1 Å². The van der Waals surface area contributed by atoms with Gasteiger partial charge in [0.25, 0.3) is 0 Å². The van der Waals surface area contributed by atoms with Crippen LogP contribution in [0.5, 0.6) is 5.75 Å². The first kappa shape index (κ1) is 29.1. The van der Waals surface area contributed by atoms with Crippen molar-refractivity contribution in [3.63, 3.8) is 0 Å². The second kappa shape index (κ2) is 12.2. The predicted molar refractivity (Wildman–Crippen MR) is 166 cm³/mol. The molecule has 214 valence electrons. The molecular formula is C31H30N6O3S2. The van der Waals surface area contributed by atoms with Crippen LogP contribution in [0.2, 0.25) is 0 Å². The van der Waals surface area contributed by atoms with E-state index in [4.69, 9.17) is 10.5 Å². The van der Waals surface area contributed by atoms with Gasteiger partial charge in [0.1, 0.15) is 11.6 Å². The first-order valence-corrected chi connectivity index (χ1v) is 15.1. The van der Waals surface area contributed by atoms with Gasteiger partial charge in [0.15, 0.2) is 10.1 Å². The Balaban J connectivity index is 1.42. The summed E-state index contributed by atoms with van der Waals surface area (Å²) in [6, 6.07) is 19.1. The monoisotopic (exact) mass is 598 g/mol. The van der Waals surface area contributed by atoms with Gasteiger partial charge in [-0.2, -0.15) is 5.26 Å². The van der Waals surface area contributed by atoms with Gasteiger partial charge >= 0.3 is 0 Å². The second-order valence-electron chi connectivity index (χ2n) is 10.7. The molecule has 42 heavy (non-hydrogen) atoms. The zero-order valence-corrected chi connectivity index (χ0v) is 25.1. The summed E-state index contributed by atoms with van der Waals surface area (Å²) in [5.41, 5.74) is 9.55. The molecule has 0 fully saturated rings. The molecule has 0 spiro atoms. The molecule has 1 amide bonds. The summed E-state index contributed by atoms with van der Waals surface area (Å²) in [4.78, 5) is 27.9. The number of nitrogens with zero attached hydrogens (tertiary/aromatic N) is 4. The summed E-state index contributed by atoms with van der Waals surface area (Å²) in [7, 11) is 1.57. The van der Waals surface area contributed by atoms with E-state index in [0.29, 0.717) is 39.3 Å². The van der Waals surface area contributed by atoms with E-state index in [0.717, 1.165) is 11.3 Å². The highest BCUT2D eigenvalue weighted by atomic mass is 32.2. The largest absolute Gasteiger partial charge is 0.497 e. The number of allylic oxidation sites excluding steroid dienone is 4. The molecule has 2 heterocycles. The zero-order valence-electron chi connectivity index (χ0n) is 23.5. The number of aromatic nitrogens is 2. The Morgan fingerprint density at radius 3 is 2.76 bits per heavy atom. The van der Waals surface area contributed by atoms with E-state index in [9.17, 15) is 14.9 Å². The number of carbonyl (C=O) groups excluding carboxylic acids is 2. The Morgan fingerprint density at radius 2 is 2.02 bits per heavy atom. The molecule has 11 heteroatoms. The molecule has 3 N–H and O–H groups in total. The Morgan fingerprint density at radius 1 is 1.24 bits per heavy atom. The standard InChI is InChI=1S/C31H30N6O3S2/c1-31(2)15-24-27(25(38)16-31)22(13-12-19-8-5-4-6-9-19)23(17-32)28(33)37(24)29-35-36-30(42-29)41-18-26(39)34-20-10-7-11-21(14-20)40-3/h4-14,22H,15-16,18,33H2,1-3H3,(H,34,39)/b13-12+. The molecule has 0 saturated carbocycles. The predicted octanol–water partition coefficient (Wildman–Crippen LogP) is 5.76. The number of anilines is 2. The van der Waals surface area contributed by atoms with E-state index >= 15 is 0 Å². The van der Waals surface area contributed by atoms with Crippen molar-refractivity contribution in [3.05, 3.63) is 88.9 Å². The van der Waals surface area contributed by atoms with Gasteiger partial charge in [0.2, 0.25) is 11.0 Å².